The maximum absolute atomic E-state index is 13.4. The molecule has 7 heteroatoms. The van der Waals surface area contributed by atoms with Crippen LogP contribution in [0.15, 0.2) is 54.6 Å². The van der Waals surface area contributed by atoms with Gasteiger partial charge in [-0.15, -0.1) is 0 Å². The summed E-state index contributed by atoms with van der Waals surface area (Å²) in [7, 11) is -2.33. The van der Waals surface area contributed by atoms with Gasteiger partial charge in [0.1, 0.15) is 10.9 Å². The molecule has 2 aromatic carbocycles. The lowest BCUT2D eigenvalue weighted by atomic mass is 9.86. The molecule has 6 nitrogen and oxygen atoms in total. The minimum atomic E-state index is -3.90. The average Bonchev–Trinajstić information content (AvgIpc) is 2.64. The monoisotopic (exact) mass is 429 g/mol. The van der Waals surface area contributed by atoms with Crippen molar-refractivity contribution in [1.82, 2.24) is 0 Å². The van der Waals surface area contributed by atoms with Gasteiger partial charge in [-0.1, -0.05) is 48.5 Å². The van der Waals surface area contributed by atoms with Crippen molar-refractivity contribution in [3.8, 4) is 0 Å². The third-order valence-electron chi connectivity index (χ3n) is 5.04. The van der Waals surface area contributed by atoms with Gasteiger partial charge < -0.3 is 9.64 Å². The zero-order valence-electron chi connectivity index (χ0n) is 17.7. The highest BCUT2D eigenvalue weighted by atomic mass is 32.2. The van der Waals surface area contributed by atoms with Crippen molar-refractivity contribution in [2.75, 3.05) is 11.9 Å². The number of nitrogens with zero attached hydrogens (tertiary/aromatic N) is 1. The fraction of sp³-hybridized carbons (Fsp3) is 0.391. The summed E-state index contributed by atoms with van der Waals surface area (Å²) >= 11 is 0. The number of sulfone groups is 1. The standard InChI is InChI=1S/C23H27NO5S/c1-23(2,3)29-20(25)14-18-17-12-8-9-13-19(17)24(4)22(26)21(18)30(27,28)15-16-10-6-5-7-11-16/h5-13,18,21H,14-15H2,1-4H3/t18-,21+/m0/s1. The molecule has 1 aliphatic rings. The number of carbonyl (C=O) groups is 2. The van der Waals surface area contributed by atoms with Crippen LogP contribution in [0.4, 0.5) is 5.69 Å². The lowest BCUT2D eigenvalue weighted by Crippen LogP contribution is -2.49. The van der Waals surface area contributed by atoms with Crippen LogP contribution in [0, 0.1) is 0 Å². The van der Waals surface area contributed by atoms with Crippen molar-refractivity contribution in [1.29, 1.82) is 0 Å². The first-order valence-corrected chi connectivity index (χ1v) is 11.5. The van der Waals surface area contributed by atoms with Crippen LogP contribution in [0.5, 0.6) is 0 Å². The predicted molar refractivity (Wildman–Crippen MR) is 116 cm³/mol. The maximum Gasteiger partial charge on any atom is 0.306 e. The SMILES string of the molecule is CN1C(=O)[C@H](S(=O)(=O)Cc2ccccc2)[C@@H](CC(=O)OC(C)(C)C)c2ccccc21. The highest BCUT2D eigenvalue weighted by molar-refractivity contribution is 7.92. The average molecular weight is 430 g/mol. The Hall–Kier alpha value is -2.67. The van der Waals surface area contributed by atoms with E-state index in [1.165, 1.54) is 4.90 Å². The van der Waals surface area contributed by atoms with Crippen molar-refractivity contribution in [2.45, 2.75) is 49.7 Å². The molecule has 2 aromatic rings. The number of hydrogen-bond acceptors (Lipinski definition) is 5. The molecule has 1 amide bonds. The predicted octanol–water partition coefficient (Wildman–Crippen LogP) is 3.46. The molecule has 0 bridgehead atoms. The molecule has 0 radical (unpaired) electrons. The van der Waals surface area contributed by atoms with Gasteiger partial charge in [-0.05, 0) is 38.0 Å². The molecule has 0 saturated heterocycles. The Morgan fingerprint density at radius 3 is 2.27 bits per heavy atom. The number of hydrogen-bond donors (Lipinski definition) is 0. The van der Waals surface area contributed by atoms with Crippen molar-refractivity contribution in [3.05, 3.63) is 65.7 Å². The summed E-state index contributed by atoms with van der Waals surface area (Å²) in [5.74, 6) is -2.14. The fourth-order valence-corrected chi connectivity index (χ4v) is 5.88. The number of rotatable bonds is 5. The van der Waals surface area contributed by atoms with Gasteiger partial charge >= 0.3 is 5.97 Å². The second kappa shape index (κ2) is 8.22. The third kappa shape index (κ3) is 4.73. The summed E-state index contributed by atoms with van der Waals surface area (Å²) in [5.41, 5.74) is 1.17. The molecule has 0 saturated carbocycles. The summed E-state index contributed by atoms with van der Waals surface area (Å²) in [6, 6.07) is 15.8. The van der Waals surface area contributed by atoms with E-state index in [1.807, 2.05) is 0 Å². The molecular formula is C23H27NO5S. The molecule has 0 N–H and O–H groups in total. The Morgan fingerprint density at radius 1 is 1.03 bits per heavy atom. The van der Waals surface area contributed by atoms with Crippen LogP contribution in [0.25, 0.3) is 0 Å². The molecule has 0 fully saturated rings. The van der Waals surface area contributed by atoms with Crippen LogP contribution in [0.1, 0.15) is 44.2 Å². The van der Waals surface area contributed by atoms with Crippen LogP contribution < -0.4 is 4.90 Å². The first-order valence-electron chi connectivity index (χ1n) is 9.83. The van der Waals surface area contributed by atoms with E-state index >= 15 is 0 Å². The zero-order valence-corrected chi connectivity index (χ0v) is 18.5. The number of para-hydroxylation sites is 1. The van der Waals surface area contributed by atoms with E-state index < -0.39 is 38.5 Å². The molecule has 0 aliphatic carbocycles. The minimum Gasteiger partial charge on any atom is -0.460 e. The highest BCUT2D eigenvalue weighted by Gasteiger charge is 2.47. The fourth-order valence-electron chi connectivity index (χ4n) is 3.83. The van der Waals surface area contributed by atoms with Gasteiger partial charge in [0.15, 0.2) is 9.84 Å². The second-order valence-corrected chi connectivity index (χ2v) is 10.7. The normalized spacial score (nSPS) is 19.3. The smallest absolute Gasteiger partial charge is 0.306 e. The Bertz CT molecular complexity index is 1040. The largest absolute Gasteiger partial charge is 0.460 e. The summed E-state index contributed by atoms with van der Waals surface area (Å²) < 4.78 is 32.2. The van der Waals surface area contributed by atoms with Gasteiger partial charge in [0.25, 0.3) is 0 Å². The van der Waals surface area contributed by atoms with E-state index in [1.54, 1.807) is 82.4 Å². The Morgan fingerprint density at radius 2 is 1.63 bits per heavy atom. The zero-order chi connectivity index (χ0) is 22.1. The van der Waals surface area contributed by atoms with Crippen LogP contribution in [-0.2, 0) is 29.9 Å². The second-order valence-electron chi connectivity index (χ2n) is 8.57. The molecule has 0 spiro atoms. The molecule has 3 rings (SSSR count). The van der Waals surface area contributed by atoms with Crippen LogP contribution in [0.3, 0.4) is 0 Å². The number of carbonyl (C=O) groups excluding carboxylic acids is 2. The van der Waals surface area contributed by atoms with Gasteiger partial charge in [0.2, 0.25) is 5.91 Å². The Balaban J connectivity index is 2.04. The van der Waals surface area contributed by atoms with E-state index in [0.717, 1.165) is 0 Å². The molecule has 30 heavy (non-hydrogen) atoms. The molecule has 0 aromatic heterocycles. The summed E-state index contributed by atoms with van der Waals surface area (Å²) in [4.78, 5) is 27.2. The van der Waals surface area contributed by atoms with Crippen molar-refractivity contribution in [2.24, 2.45) is 0 Å². The number of fused-ring (bicyclic) bond motifs is 1. The van der Waals surface area contributed by atoms with Gasteiger partial charge in [-0.3, -0.25) is 9.59 Å². The third-order valence-corrected chi connectivity index (χ3v) is 7.08. The number of esters is 1. The molecule has 1 heterocycles. The molecular weight excluding hydrogens is 402 g/mol. The van der Waals surface area contributed by atoms with Crippen molar-refractivity contribution < 1.29 is 22.7 Å². The summed E-state index contributed by atoms with van der Waals surface area (Å²) in [5, 5.41) is -1.36. The Labute approximate surface area is 177 Å². The first kappa shape index (κ1) is 22.0. The van der Waals surface area contributed by atoms with Gasteiger partial charge in [-0.25, -0.2) is 8.42 Å². The minimum absolute atomic E-state index is 0.188. The molecule has 160 valence electrons. The van der Waals surface area contributed by atoms with E-state index in [9.17, 15) is 18.0 Å². The topological polar surface area (TPSA) is 80.8 Å². The maximum atomic E-state index is 13.4. The van der Waals surface area contributed by atoms with Crippen molar-refractivity contribution in [3.63, 3.8) is 0 Å². The van der Waals surface area contributed by atoms with E-state index in [2.05, 4.69) is 0 Å². The molecule has 0 unspecified atom stereocenters. The van der Waals surface area contributed by atoms with E-state index in [0.29, 0.717) is 16.8 Å². The summed E-state index contributed by atoms with van der Waals surface area (Å²) in [6.07, 6.45) is -0.188. The number of amides is 1. The highest BCUT2D eigenvalue weighted by Crippen LogP contribution is 2.41. The van der Waals surface area contributed by atoms with Gasteiger partial charge in [0, 0.05) is 18.7 Å². The van der Waals surface area contributed by atoms with Gasteiger partial charge in [0.05, 0.1) is 12.2 Å². The molecule has 1 aliphatic heterocycles. The lowest BCUT2D eigenvalue weighted by molar-refractivity contribution is -0.155. The number of anilines is 1. The number of ether oxygens (including phenoxy) is 1. The van der Waals surface area contributed by atoms with E-state index in [-0.39, 0.29) is 12.2 Å². The summed E-state index contributed by atoms with van der Waals surface area (Å²) in [6.45, 7) is 5.26. The first-order chi connectivity index (χ1) is 14.0. The van der Waals surface area contributed by atoms with Crippen LogP contribution in [0.2, 0.25) is 0 Å². The van der Waals surface area contributed by atoms with E-state index in [4.69, 9.17) is 4.74 Å². The van der Waals surface area contributed by atoms with Crippen LogP contribution in [-0.4, -0.2) is 38.2 Å². The Kier molecular flexibility index (Phi) is 6.04. The van der Waals surface area contributed by atoms with Gasteiger partial charge in [-0.2, -0.15) is 0 Å². The van der Waals surface area contributed by atoms with Crippen molar-refractivity contribution >= 4 is 27.4 Å². The lowest BCUT2D eigenvalue weighted by Gasteiger charge is -2.37. The molecule has 2 atom stereocenters. The number of benzene rings is 2. The van der Waals surface area contributed by atoms with Crippen LogP contribution >= 0.6 is 0 Å². The quantitative estimate of drug-likeness (QED) is 0.680.